The van der Waals surface area contributed by atoms with Gasteiger partial charge in [0.05, 0.1) is 39.6 Å². The van der Waals surface area contributed by atoms with Crippen LogP contribution in [-0.4, -0.2) is 475 Å². The van der Waals surface area contributed by atoms with Gasteiger partial charge in [0.15, 0.2) is 74.4 Å². The first-order chi connectivity index (χ1) is 63.5. The van der Waals surface area contributed by atoms with E-state index >= 15 is 0 Å². The first-order valence-corrected chi connectivity index (χ1v) is 59.6. The van der Waals surface area contributed by atoms with Crippen LogP contribution in [0.4, 0.5) is 0 Å². The molecule has 6 aliphatic heterocycles. The molecule has 0 amide bonds. The predicted octanol–water partition coefficient (Wildman–Crippen LogP) is -17.4. The van der Waals surface area contributed by atoms with Crippen LogP contribution >= 0.6 is 0 Å². The average Bonchev–Trinajstić information content (AvgIpc) is 0.743. The Labute approximate surface area is 799 Å². The third-order valence-corrected chi connectivity index (χ3v) is 25.0. The van der Waals surface area contributed by atoms with Crippen LogP contribution in [0.15, 0.2) is 0 Å². The molecule has 848 valence electrons. The van der Waals surface area contributed by atoms with E-state index in [-0.39, 0.29) is 0 Å². The zero-order valence-corrected chi connectivity index (χ0v) is 81.5. The van der Waals surface area contributed by atoms with Crippen LogP contribution in [0.5, 0.6) is 0 Å². The van der Waals surface area contributed by atoms with Crippen LogP contribution < -0.4 is 0 Å². The summed E-state index contributed by atoms with van der Waals surface area (Å²) in [5.74, 6) is 0. The maximum absolute atomic E-state index is 13.2. The normalized spacial score (nSPS) is 33.5. The lowest BCUT2D eigenvalue weighted by atomic mass is 9.95. The summed E-state index contributed by atoms with van der Waals surface area (Å²) in [4.78, 5) is 0. The Bertz CT molecular complexity index is 6720. The highest BCUT2D eigenvalue weighted by Crippen LogP contribution is 2.45. The van der Waals surface area contributed by atoms with Gasteiger partial charge in [0, 0.05) is 0 Å². The van der Waals surface area contributed by atoms with Crippen LogP contribution in [-0.2, 0) is 329 Å². The maximum Gasteiger partial charge on any atom is 0.397 e. The summed E-state index contributed by atoms with van der Waals surface area (Å²) in [6.45, 7) is -15.1. The monoisotopic (exact) mass is 2510 g/mol. The van der Waals surface area contributed by atoms with Crippen molar-refractivity contribution in [3.63, 3.8) is 0 Å². The van der Waals surface area contributed by atoms with Crippen molar-refractivity contribution in [1.82, 2.24) is 0 Å². The largest absolute Gasteiger partial charge is 0.397 e. The van der Waals surface area contributed by atoms with Crippen LogP contribution in [0.2, 0.25) is 0 Å². The lowest BCUT2D eigenvalue weighted by Gasteiger charge is -2.51. The molecule has 20 N–H and O–H groups in total. The fraction of sp³-hybridized carbons (Fsp3) is 1.00. The zero-order chi connectivity index (χ0) is 110. The summed E-state index contributed by atoms with van der Waals surface area (Å²) in [5.41, 5.74) is 0. The molecule has 2 unspecified atom stereocenters. The fourth-order valence-electron chi connectivity index (χ4n) is 12.4. The summed E-state index contributed by atoms with van der Waals surface area (Å²) < 4.78 is 806. The minimum absolute atomic E-state index is 2.18. The van der Waals surface area contributed by atoms with Crippen LogP contribution in [0.1, 0.15) is 0 Å². The third-order valence-electron chi connectivity index (χ3n) is 16.3. The Morgan fingerprint density at radius 1 is 0.140 bits per heavy atom. The van der Waals surface area contributed by atoms with Gasteiger partial charge in [-0.05, 0) is 0 Å². The summed E-state index contributed by atoms with van der Waals surface area (Å²) in [7, 11) is -127. The quantitative estimate of drug-likeness (QED) is 0.0251. The van der Waals surface area contributed by atoms with Crippen molar-refractivity contribution in [2.24, 2.45) is 0 Å². The number of hydrogen-bond donors (Lipinski definition) is 20. The van der Waals surface area contributed by atoms with E-state index in [4.69, 9.17) is 52.1 Å². The Hall–Kier alpha value is -2.95. The number of aliphatic hydroxyl groups excluding tert-OH is 1. The first kappa shape index (κ1) is 129. The standard InChI is InChI=1S/C36H62O88S19/c37-31-25(119-138(77,78)79)19(113-132(59,60)61)13(7(101-31)1-95-125(38,39)40)107-32-26(120-139(80,81)82)20(114-133(62,63)64)14(8(102-32)2-96-126(41,42)43)108-33-27(121-140(83,84)85)21(115-134(65,66)67)15(9(103-33)3-97-127(44,45)46)109-34-28(122-141(86,87)88)22(116-135(68,69)70)16(10(104-34)4-98-128(47,48)49)110-35-29(123-142(89,90)91)23(117-136(71,72)73)17(11(105-35)5-99-129(50,51)52)111-36-30(124-143(92,93)94)24(118-137(74,75)76)18(112-131(56,57)58)12(106-36)6-100-130(53,54)55/h7-37H,1-6H2,(H,38,39,40)(H,41,42,43)(H,44,45,46)(H,47,48,49)(H,50,51,52)(H,53,54,55)(H,56,57,58)(H,59,60,61)(H,62,63,64)(H,65,66,67)(H,68,69,70)(H,71,72,73)(H,74,75,76)(H,77,78,79)(H,80,81,82)(H,83,84,85)(H,86,87,88)(H,89,90,91)(H,92,93,94)/t7-,8-,9-,10-,11+,12+,13-,14-,15-,16+,17-,18-,19-,20-,21-,22+,23-,24+,25+,26+,27+,28+,29-,30?,31?,32-,33-,34-,35-,36-/m1/s1. The summed E-state index contributed by atoms with van der Waals surface area (Å²) >= 11 is 0. The Kier molecular flexibility index (Phi) is 42.4. The molecule has 6 fully saturated rings. The molecule has 30 atom stereocenters. The van der Waals surface area contributed by atoms with E-state index in [0.29, 0.717) is 0 Å². The molecule has 0 aromatic rings. The molecule has 0 saturated carbocycles. The molecule has 6 rings (SSSR count). The zero-order valence-electron chi connectivity index (χ0n) is 66.0. The van der Waals surface area contributed by atoms with Crippen molar-refractivity contribution < 1.29 is 383 Å². The average molecular weight is 2510 g/mol. The van der Waals surface area contributed by atoms with Crippen LogP contribution in [0, 0.1) is 0 Å². The van der Waals surface area contributed by atoms with E-state index in [2.05, 4.69) is 79.5 Å². The van der Waals surface area contributed by atoms with E-state index in [1.165, 1.54) is 0 Å². The second-order valence-electron chi connectivity index (χ2n) is 26.4. The lowest BCUT2D eigenvalue weighted by Crippen LogP contribution is -2.70. The summed E-state index contributed by atoms with van der Waals surface area (Å²) in [6.07, 6.45) is -117. The minimum Gasteiger partial charge on any atom is -0.366 e. The van der Waals surface area contributed by atoms with Gasteiger partial charge in [-0.3, -0.25) is 86.5 Å². The van der Waals surface area contributed by atoms with Gasteiger partial charge in [-0.2, -0.15) is 160 Å². The molecule has 0 radical (unpaired) electrons. The van der Waals surface area contributed by atoms with Crippen molar-refractivity contribution in [3.8, 4) is 0 Å². The summed E-state index contributed by atoms with van der Waals surface area (Å²) in [6, 6.07) is 0. The summed E-state index contributed by atoms with van der Waals surface area (Å²) in [5, 5.41) is 10.8. The number of hydrogen-bond acceptors (Lipinski definition) is 69. The van der Waals surface area contributed by atoms with Crippen molar-refractivity contribution in [2.45, 2.75) is 184 Å². The van der Waals surface area contributed by atoms with Gasteiger partial charge in [0.2, 0.25) is 0 Å². The van der Waals surface area contributed by atoms with E-state index in [1.54, 1.807) is 0 Å². The van der Waals surface area contributed by atoms with Crippen LogP contribution in [0.25, 0.3) is 0 Å². The van der Waals surface area contributed by atoms with Gasteiger partial charge in [-0.1, -0.05) is 0 Å². The van der Waals surface area contributed by atoms with Gasteiger partial charge in [-0.25, -0.2) is 79.5 Å². The van der Waals surface area contributed by atoms with E-state index in [0.717, 1.165) is 0 Å². The third kappa shape index (κ3) is 46.1. The lowest BCUT2D eigenvalue weighted by molar-refractivity contribution is -0.386. The molecular formula is C36H62O88S19. The van der Waals surface area contributed by atoms with Gasteiger partial charge in [0.25, 0.3) is 0 Å². The van der Waals surface area contributed by atoms with E-state index in [1.807, 2.05) is 0 Å². The SMILES string of the molecule is O=S(=O)(O)OC[C@@H]1O[C@H](O[C@H]2[C@@H](OS(=O)(=O)O)[C@@H](OS(=O)(=O)O)[C@@H](O[C@@H]3[C@H](OS(=O)(=O)O)[C@H](OS(=O)(=O)O)[C@@H](O[C@H]4[C@@H](OS(=O)(=O)O)[C@H](OS(=O)(=O)O)[C@@H](O[C@H]5[C@@H](OS(=O)(=O)O)[C@H](OS(=O)(=O)O)[C@@H](O[C@H]6[C@@H](OS(=O)(=O)O)[C@H](OS(=O)(=O)O)C(O)O[C@@H]6COS(=O)(=O)O)O[C@@H]5COS(=O)(=O)O)O[C@@H]4COS(=O)(=O)O)O[C@@H]3COS(=O)(=O)O)O[C@H]2COS(=O)(=O)O)C(OS(=O)(=O)O)[C@@H](OS(=O)(=O)O)[C@@H]1OS(=O)(=O)O. The van der Waals surface area contributed by atoms with E-state index < -0.39 is 421 Å². The Morgan fingerprint density at radius 2 is 0.252 bits per heavy atom. The molecule has 6 heterocycles. The molecule has 88 nitrogen and oxygen atoms in total. The highest BCUT2D eigenvalue weighted by atomic mass is 32.3. The smallest absolute Gasteiger partial charge is 0.366 e. The van der Waals surface area contributed by atoms with Crippen molar-refractivity contribution in [3.05, 3.63) is 0 Å². The van der Waals surface area contributed by atoms with Crippen molar-refractivity contribution in [1.29, 1.82) is 0 Å². The Balaban J connectivity index is 1.71. The van der Waals surface area contributed by atoms with Gasteiger partial charge >= 0.3 is 198 Å². The Morgan fingerprint density at radius 3 is 0.399 bits per heavy atom. The second kappa shape index (κ2) is 47.2. The maximum atomic E-state index is 13.2. The predicted molar refractivity (Wildman–Crippen MR) is 397 cm³/mol. The van der Waals surface area contributed by atoms with Crippen molar-refractivity contribution >= 4 is 198 Å². The van der Waals surface area contributed by atoms with Crippen molar-refractivity contribution in [2.75, 3.05) is 39.6 Å². The van der Waals surface area contributed by atoms with Gasteiger partial charge < -0.3 is 57.2 Å². The molecule has 0 spiro atoms. The molecule has 6 saturated heterocycles. The molecule has 0 aromatic carbocycles. The van der Waals surface area contributed by atoms with Crippen LogP contribution in [0.3, 0.4) is 0 Å². The molecule has 0 aromatic heterocycles. The van der Waals surface area contributed by atoms with E-state index in [9.17, 15) is 252 Å². The second-order valence-corrected chi connectivity index (χ2v) is 46.6. The highest BCUT2D eigenvalue weighted by Gasteiger charge is 2.66. The molecular weight excluding hydrogens is 2450 g/mol. The number of ether oxygens (including phenoxy) is 11. The molecule has 0 bridgehead atoms. The van der Waals surface area contributed by atoms with Gasteiger partial charge in [-0.15, -0.1) is 0 Å². The minimum atomic E-state index is -7.14. The number of rotatable bonds is 54. The van der Waals surface area contributed by atoms with Gasteiger partial charge in [0.1, 0.15) is 110 Å². The first-order valence-electron chi connectivity index (χ1n) is 33.7. The molecule has 143 heavy (non-hydrogen) atoms. The number of aliphatic hydroxyl groups is 1. The fourth-order valence-corrected chi connectivity index (χ4v) is 20.6. The molecule has 0 aliphatic carbocycles. The molecule has 107 heteroatoms. The molecule has 6 aliphatic rings. The highest BCUT2D eigenvalue weighted by molar-refractivity contribution is 7.85. The topological polar surface area (TPSA) is 1330 Å².